The summed E-state index contributed by atoms with van der Waals surface area (Å²) in [6.45, 7) is 0. The molecule has 0 spiro atoms. The van der Waals surface area contributed by atoms with E-state index in [2.05, 4.69) is 10.4 Å². The number of hydrogen-bond donors (Lipinski definition) is 2. The molecule has 2 aromatic rings. The van der Waals surface area contributed by atoms with Crippen LogP contribution in [0.5, 0.6) is 0 Å². The van der Waals surface area contributed by atoms with Crippen LogP contribution < -0.4 is 11.3 Å². The summed E-state index contributed by atoms with van der Waals surface area (Å²) >= 11 is 1.66. The molecule has 1 unspecified atom stereocenters. The van der Waals surface area contributed by atoms with Crippen LogP contribution in [0, 0.1) is 0 Å². The highest BCUT2D eigenvalue weighted by molar-refractivity contribution is 7.09. The number of hydrogen-bond acceptors (Lipinski definition) is 5. The fourth-order valence-corrected chi connectivity index (χ4v) is 2.28. The van der Waals surface area contributed by atoms with E-state index in [9.17, 15) is 0 Å². The van der Waals surface area contributed by atoms with Gasteiger partial charge < -0.3 is 4.42 Å². The summed E-state index contributed by atoms with van der Waals surface area (Å²) in [6, 6.07) is 4.13. The second-order valence-electron chi connectivity index (χ2n) is 3.61. The minimum absolute atomic E-state index is 0.247. The molecule has 2 rings (SSSR count). The molecule has 2 heterocycles. The first kappa shape index (κ1) is 11.3. The van der Waals surface area contributed by atoms with Gasteiger partial charge in [-0.3, -0.25) is 11.3 Å². The smallest absolute Gasteiger partial charge is 0.103 e. The van der Waals surface area contributed by atoms with Gasteiger partial charge in [-0.1, -0.05) is 0 Å². The van der Waals surface area contributed by atoms with Gasteiger partial charge in [-0.25, -0.2) is 4.98 Å². The predicted octanol–water partition coefficient (Wildman–Crippen LogP) is 1.74. The van der Waals surface area contributed by atoms with Crippen LogP contribution in [0.15, 0.2) is 34.4 Å². The van der Waals surface area contributed by atoms with Crippen LogP contribution in [-0.4, -0.2) is 11.0 Å². The molecule has 0 saturated carbocycles. The van der Waals surface area contributed by atoms with Crippen molar-refractivity contribution in [2.45, 2.75) is 25.3 Å². The summed E-state index contributed by atoms with van der Waals surface area (Å²) in [4.78, 5) is 4.25. The SMILES string of the molecule is NNC(CCc1ccco1)Cc1nccs1. The third-order valence-electron chi connectivity index (χ3n) is 2.46. The van der Waals surface area contributed by atoms with E-state index in [0.29, 0.717) is 0 Å². The van der Waals surface area contributed by atoms with Crippen molar-refractivity contribution < 1.29 is 4.42 Å². The molecular weight excluding hydrogens is 222 g/mol. The number of nitrogens with zero attached hydrogens (tertiary/aromatic N) is 1. The molecule has 3 N–H and O–H groups in total. The summed E-state index contributed by atoms with van der Waals surface area (Å²) in [5, 5.41) is 3.09. The molecule has 86 valence electrons. The number of rotatable bonds is 6. The van der Waals surface area contributed by atoms with Crippen molar-refractivity contribution in [1.29, 1.82) is 0 Å². The summed E-state index contributed by atoms with van der Waals surface area (Å²) in [5.41, 5.74) is 2.83. The minimum Gasteiger partial charge on any atom is -0.469 e. The lowest BCUT2D eigenvalue weighted by atomic mass is 10.1. The molecule has 0 aliphatic rings. The molecule has 0 aliphatic heterocycles. The molecule has 16 heavy (non-hydrogen) atoms. The molecule has 5 heteroatoms. The summed E-state index contributed by atoms with van der Waals surface area (Å²) in [5.74, 6) is 6.52. The standard InChI is InChI=1S/C11H15N3OS/c12-14-9(8-11-13-5-7-16-11)3-4-10-2-1-6-15-10/h1-2,5-7,9,14H,3-4,8,12H2. The third kappa shape index (κ3) is 3.16. The van der Waals surface area contributed by atoms with E-state index in [0.717, 1.165) is 30.0 Å². The van der Waals surface area contributed by atoms with E-state index in [1.807, 2.05) is 23.7 Å². The van der Waals surface area contributed by atoms with E-state index in [-0.39, 0.29) is 6.04 Å². The normalized spacial score (nSPS) is 12.8. The van der Waals surface area contributed by atoms with Crippen molar-refractivity contribution in [1.82, 2.24) is 10.4 Å². The van der Waals surface area contributed by atoms with Crippen LogP contribution in [0.1, 0.15) is 17.2 Å². The number of hydrazine groups is 1. The van der Waals surface area contributed by atoms with E-state index < -0.39 is 0 Å². The first-order chi connectivity index (χ1) is 7.88. The Balaban J connectivity index is 1.81. The highest BCUT2D eigenvalue weighted by atomic mass is 32.1. The van der Waals surface area contributed by atoms with Crippen LogP contribution in [0.2, 0.25) is 0 Å². The average Bonchev–Trinajstić information content (AvgIpc) is 2.97. The molecule has 0 bridgehead atoms. The Bertz CT molecular complexity index is 385. The maximum absolute atomic E-state index is 5.53. The molecule has 0 radical (unpaired) electrons. The zero-order valence-corrected chi connectivity index (χ0v) is 9.74. The molecular formula is C11H15N3OS. The average molecular weight is 237 g/mol. The molecule has 0 aromatic carbocycles. The quantitative estimate of drug-likeness (QED) is 0.593. The summed E-state index contributed by atoms with van der Waals surface area (Å²) < 4.78 is 5.28. The van der Waals surface area contributed by atoms with E-state index in [1.165, 1.54) is 0 Å². The largest absolute Gasteiger partial charge is 0.469 e. The van der Waals surface area contributed by atoms with Gasteiger partial charge in [0.15, 0.2) is 0 Å². The van der Waals surface area contributed by atoms with Gasteiger partial charge in [-0.2, -0.15) is 0 Å². The topological polar surface area (TPSA) is 64.1 Å². The number of furan rings is 1. The lowest BCUT2D eigenvalue weighted by Crippen LogP contribution is -2.37. The van der Waals surface area contributed by atoms with Crippen LogP contribution in [0.4, 0.5) is 0 Å². The maximum Gasteiger partial charge on any atom is 0.103 e. The van der Waals surface area contributed by atoms with Crippen LogP contribution in [0.3, 0.4) is 0 Å². The van der Waals surface area contributed by atoms with Crippen molar-refractivity contribution in [3.05, 3.63) is 40.7 Å². The van der Waals surface area contributed by atoms with Crippen LogP contribution in [-0.2, 0) is 12.8 Å². The van der Waals surface area contributed by atoms with Crippen molar-refractivity contribution in [3.63, 3.8) is 0 Å². The maximum atomic E-state index is 5.53. The van der Waals surface area contributed by atoms with Gasteiger partial charge in [-0.15, -0.1) is 11.3 Å². The molecule has 0 aliphatic carbocycles. The minimum atomic E-state index is 0.247. The number of nitrogens with one attached hydrogen (secondary N) is 1. The van der Waals surface area contributed by atoms with Gasteiger partial charge in [0.2, 0.25) is 0 Å². The molecule has 0 fully saturated rings. The highest BCUT2D eigenvalue weighted by Gasteiger charge is 2.10. The van der Waals surface area contributed by atoms with Gasteiger partial charge in [0, 0.05) is 30.5 Å². The van der Waals surface area contributed by atoms with E-state index in [4.69, 9.17) is 10.3 Å². The molecule has 2 aromatic heterocycles. The zero-order valence-electron chi connectivity index (χ0n) is 8.93. The van der Waals surface area contributed by atoms with E-state index >= 15 is 0 Å². The first-order valence-corrected chi connectivity index (χ1v) is 6.13. The second kappa shape index (κ2) is 5.79. The van der Waals surface area contributed by atoms with E-state index in [1.54, 1.807) is 17.6 Å². The fraction of sp³-hybridized carbons (Fsp3) is 0.364. The Morgan fingerprint density at radius 1 is 1.56 bits per heavy atom. The Labute approximate surface area is 98.5 Å². The Hall–Kier alpha value is -1.17. The van der Waals surface area contributed by atoms with Crippen molar-refractivity contribution >= 4 is 11.3 Å². The number of aromatic nitrogens is 1. The molecule has 0 amide bonds. The summed E-state index contributed by atoms with van der Waals surface area (Å²) in [7, 11) is 0. The molecule has 0 saturated heterocycles. The zero-order chi connectivity index (χ0) is 11.2. The van der Waals surface area contributed by atoms with Gasteiger partial charge in [0.25, 0.3) is 0 Å². The molecule has 1 atom stereocenters. The van der Waals surface area contributed by atoms with Crippen molar-refractivity contribution in [2.24, 2.45) is 5.84 Å². The fourth-order valence-electron chi connectivity index (χ4n) is 1.58. The number of thiazole rings is 1. The Kier molecular flexibility index (Phi) is 4.10. The Morgan fingerprint density at radius 2 is 2.50 bits per heavy atom. The first-order valence-electron chi connectivity index (χ1n) is 5.25. The summed E-state index contributed by atoms with van der Waals surface area (Å²) in [6.07, 6.45) is 6.23. The molecule has 4 nitrogen and oxygen atoms in total. The lowest BCUT2D eigenvalue weighted by molar-refractivity contribution is 0.447. The number of nitrogens with two attached hydrogens (primary N) is 1. The van der Waals surface area contributed by atoms with Gasteiger partial charge in [-0.05, 0) is 18.6 Å². The number of aryl methyl sites for hydroxylation is 1. The second-order valence-corrected chi connectivity index (χ2v) is 4.59. The van der Waals surface area contributed by atoms with Gasteiger partial charge in [0.05, 0.1) is 11.3 Å². The monoisotopic (exact) mass is 237 g/mol. The highest BCUT2D eigenvalue weighted by Crippen LogP contribution is 2.11. The Morgan fingerprint density at radius 3 is 3.12 bits per heavy atom. The van der Waals surface area contributed by atoms with Crippen molar-refractivity contribution in [2.75, 3.05) is 0 Å². The third-order valence-corrected chi connectivity index (χ3v) is 3.26. The van der Waals surface area contributed by atoms with Crippen molar-refractivity contribution in [3.8, 4) is 0 Å². The predicted molar refractivity (Wildman–Crippen MR) is 64.0 cm³/mol. The van der Waals surface area contributed by atoms with Gasteiger partial charge in [0.1, 0.15) is 5.76 Å². The lowest BCUT2D eigenvalue weighted by Gasteiger charge is -2.13. The van der Waals surface area contributed by atoms with Crippen LogP contribution >= 0.6 is 11.3 Å². The van der Waals surface area contributed by atoms with Gasteiger partial charge >= 0.3 is 0 Å². The van der Waals surface area contributed by atoms with Crippen LogP contribution in [0.25, 0.3) is 0 Å².